The number of rotatable bonds is 3. The van der Waals surface area contributed by atoms with E-state index in [0.29, 0.717) is 12.1 Å². The van der Waals surface area contributed by atoms with E-state index in [1.54, 1.807) is 18.6 Å². The number of ketones is 1. The van der Waals surface area contributed by atoms with Crippen LogP contribution in [0.2, 0.25) is 0 Å². The summed E-state index contributed by atoms with van der Waals surface area (Å²) in [7, 11) is 0. The fourth-order valence-electron chi connectivity index (χ4n) is 4.70. The Labute approximate surface area is 154 Å². The SMILES string of the molecule is Cc1cncc(C(=O)CC23CCCC(C#Cc4ccccn4)(CC2)C3)n1. The van der Waals surface area contributed by atoms with Crippen LogP contribution >= 0.6 is 0 Å². The van der Waals surface area contributed by atoms with Crippen LogP contribution < -0.4 is 0 Å². The summed E-state index contributed by atoms with van der Waals surface area (Å²) in [6, 6.07) is 5.83. The maximum atomic E-state index is 12.8. The molecule has 2 heterocycles. The normalized spacial score (nSPS) is 26.8. The highest BCUT2D eigenvalue weighted by atomic mass is 16.1. The first kappa shape index (κ1) is 16.9. The van der Waals surface area contributed by atoms with Crippen LogP contribution in [0, 0.1) is 29.6 Å². The van der Waals surface area contributed by atoms with Gasteiger partial charge in [-0.3, -0.25) is 9.78 Å². The van der Waals surface area contributed by atoms with Gasteiger partial charge in [0, 0.05) is 24.2 Å². The molecule has 0 aliphatic heterocycles. The van der Waals surface area contributed by atoms with Gasteiger partial charge in [-0.15, -0.1) is 0 Å². The zero-order chi connectivity index (χ0) is 18.0. The minimum atomic E-state index is 0.0499. The van der Waals surface area contributed by atoms with Crippen molar-refractivity contribution >= 4 is 5.78 Å². The molecule has 132 valence electrons. The first-order valence-corrected chi connectivity index (χ1v) is 9.34. The van der Waals surface area contributed by atoms with Gasteiger partial charge in [0.2, 0.25) is 0 Å². The van der Waals surface area contributed by atoms with Gasteiger partial charge in [0.1, 0.15) is 11.4 Å². The van der Waals surface area contributed by atoms with Gasteiger partial charge < -0.3 is 0 Å². The molecule has 2 aliphatic carbocycles. The second kappa shape index (κ2) is 6.64. The number of Topliss-reactive ketones (excluding diaryl/α,β-unsaturated/α-hetero) is 1. The molecule has 0 aromatic carbocycles. The number of nitrogens with zero attached hydrogens (tertiary/aromatic N) is 3. The van der Waals surface area contributed by atoms with Crippen LogP contribution in [-0.2, 0) is 0 Å². The number of carbonyl (C=O) groups is 1. The Balaban J connectivity index is 1.52. The van der Waals surface area contributed by atoms with Crippen LogP contribution in [0.3, 0.4) is 0 Å². The van der Waals surface area contributed by atoms with Crippen molar-refractivity contribution < 1.29 is 4.79 Å². The molecule has 2 aromatic heterocycles. The summed E-state index contributed by atoms with van der Waals surface area (Å²) in [6.07, 6.45) is 12.2. The van der Waals surface area contributed by atoms with E-state index in [1.165, 1.54) is 0 Å². The molecule has 4 rings (SSSR count). The Morgan fingerprint density at radius 3 is 2.92 bits per heavy atom. The molecule has 0 N–H and O–H groups in total. The van der Waals surface area contributed by atoms with Gasteiger partial charge in [-0.05, 0) is 62.5 Å². The third-order valence-electron chi connectivity index (χ3n) is 5.91. The number of carbonyl (C=O) groups excluding carboxylic acids is 1. The van der Waals surface area contributed by atoms with Gasteiger partial charge in [0.25, 0.3) is 0 Å². The molecule has 2 bridgehead atoms. The fraction of sp³-hybridized carbons (Fsp3) is 0.455. The van der Waals surface area contributed by atoms with E-state index in [2.05, 4.69) is 26.8 Å². The second-order valence-corrected chi connectivity index (χ2v) is 7.92. The van der Waals surface area contributed by atoms with Crippen molar-refractivity contribution in [2.24, 2.45) is 10.8 Å². The minimum absolute atomic E-state index is 0.0499. The predicted molar refractivity (Wildman–Crippen MR) is 99.4 cm³/mol. The Kier molecular flexibility index (Phi) is 4.32. The quantitative estimate of drug-likeness (QED) is 0.619. The van der Waals surface area contributed by atoms with Crippen molar-refractivity contribution in [3.8, 4) is 11.8 Å². The molecular formula is C22H23N3O. The number of aromatic nitrogens is 3. The van der Waals surface area contributed by atoms with Crippen LogP contribution in [0.15, 0.2) is 36.8 Å². The number of hydrogen-bond acceptors (Lipinski definition) is 4. The van der Waals surface area contributed by atoms with Crippen molar-refractivity contribution in [2.45, 2.75) is 51.9 Å². The van der Waals surface area contributed by atoms with Gasteiger partial charge in [-0.2, -0.15) is 0 Å². The standard InChI is InChI=1S/C22H23N3O/c1-17-14-23-15-19(25-17)20(26)13-22-8-4-7-21(16-22,10-11-22)9-6-18-5-2-3-12-24-18/h2-3,5,12,14-15H,4,7-8,10-11,13,16H2,1H3. The van der Waals surface area contributed by atoms with Crippen molar-refractivity contribution in [2.75, 3.05) is 0 Å². The fourth-order valence-corrected chi connectivity index (χ4v) is 4.70. The molecule has 2 aromatic rings. The summed E-state index contributed by atoms with van der Waals surface area (Å²) in [5.74, 6) is 6.93. The molecule has 2 saturated carbocycles. The predicted octanol–water partition coefficient (Wildman–Crippen LogP) is 4.15. The highest BCUT2D eigenvalue weighted by Crippen LogP contribution is 2.60. The molecule has 2 fully saturated rings. The van der Waals surface area contributed by atoms with E-state index < -0.39 is 0 Å². The molecular weight excluding hydrogens is 322 g/mol. The van der Waals surface area contributed by atoms with Crippen LogP contribution in [-0.4, -0.2) is 20.7 Å². The van der Waals surface area contributed by atoms with E-state index in [0.717, 1.165) is 49.9 Å². The van der Waals surface area contributed by atoms with E-state index >= 15 is 0 Å². The zero-order valence-electron chi connectivity index (χ0n) is 15.2. The summed E-state index contributed by atoms with van der Waals surface area (Å²) in [5.41, 5.74) is 2.26. The van der Waals surface area contributed by atoms with Gasteiger partial charge in [-0.1, -0.05) is 18.4 Å². The van der Waals surface area contributed by atoms with Crippen LogP contribution in [0.1, 0.15) is 66.8 Å². The molecule has 4 heteroatoms. The van der Waals surface area contributed by atoms with E-state index in [1.807, 2.05) is 25.1 Å². The Morgan fingerprint density at radius 2 is 2.12 bits per heavy atom. The first-order chi connectivity index (χ1) is 12.6. The van der Waals surface area contributed by atoms with Crippen molar-refractivity contribution in [1.82, 2.24) is 15.0 Å². The lowest BCUT2D eigenvalue weighted by Gasteiger charge is -2.36. The molecule has 0 amide bonds. The lowest BCUT2D eigenvalue weighted by atomic mass is 9.67. The maximum absolute atomic E-state index is 12.8. The average molecular weight is 345 g/mol. The highest BCUT2D eigenvalue weighted by molar-refractivity contribution is 5.94. The van der Waals surface area contributed by atoms with Crippen molar-refractivity contribution in [1.29, 1.82) is 0 Å². The zero-order valence-corrected chi connectivity index (χ0v) is 15.2. The van der Waals surface area contributed by atoms with Crippen LogP contribution in [0.25, 0.3) is 0 Å². The maximum Gasteiger partial charge on any atom is 0.183 e. The Bertz CT molecular complexity index is 883. The Hall–Kier alpha value is -2.54. The highest BCUT2D eigenvalue weighted by Gasteiger charge is 2.51. The molecule has 0 radical (unpaired) electrons. The number of pyridine rings is 1. The number of aryl methyl sites for hydroxylation is 1. The largest absolute Gasteiger partial charge is 0.292 e. The smallest absolute Gasteiger partial charge is 0.183 e. The third-order valence-corrected chi connectivity index (χ3v) is 5.91. The van der Waals surface area contributed by atoms with Crippen LogP contribution in [0.5, 0.6) is 0 Å². The van der Waals surface area contributed by atoms with Crippen molar-refractivity contribution in [3.63, 3.8) is 0 Å². The van der Waals surface area contributed by atoms with Gasteiger partial charge in [-0.25, -0.2) is 9.97 Å². The first-order valence-electron chi connectivity index (χ1n) is 9.34. The average Bonchev–Trinajstić information content (AvgIpc) is 2.91. The lowest BCUT2D eigenvalue weighted by Crippen LogP contribution is -2.29. The molecule has 2 unspecified atom stereocenters. The minimum Gasteiger partial charge on any atom is -0.292 e. The summed E-state index contributed by atoms with van der Waals surface area (Å²) in [4.78, 5) is 25.6. The van der Waals surface area contributed by atoms with E-state index in [-0.39, 0.29) is 16.6 Å². The van der Waals surface area contributed by atoms with Gasteiger partial charge in [0.05, 0.1) is 11.9 Å². The molecule has 0 spiro atoms. The second-order valence-electron chi connectivity index (χ2n) is 7.92. The van der Waals surface area contributed by atoms with Crippen LogP contribution in [0.4, 0.5) is 0 Å². The van der Waals surface area contributed by atoms with Gasteiger partial charge in [0.15, 0.2) is 5.78 Å². The summed E-state index contributed by atoms with van der Waals surface area (Å²) in [6.45, 7) is 1.87. The Morgan fingerprint density at radius 1 is 1.19 bits per heavy atom. The van der Waals surface area contributed by atoms with Crippen molar-refractivity contribution in [3.05, 3.63) is 53.9 Å². The molecule has 2 aliphatic rings. The molecule has 2 atom stereocenters. The lowest BCUT2D eigenvalue weighted by molar-refractivity contribution is 0.0856. The molecule has 4 nitrogen and oxygen atoms in total. The monoisotopic (exact) mass is 345 g/mol. The number of fused-ring (bicyclic) bond motifs is 2. The summed E-state index contributed by atoms with van der Waals surface area (Å²) < 4.78 is 0. The summed E-state index contributed by atoms with van der Waals surface area (Å²) in [5, 5.41) is 0. The number of hydrogen-bond donors (Lipinski definition) is 0. The summed E-state index contributed by atoms with van der Waals surface area (Å²) >= 11 is 0. The van der Waals surface area contributed by atoms with E-state index in [4.69, 9.17) is 0 Å². The van der Waals surface area contributed by atoms with Gasteiger partial charge >= 0.3 is 0 Å². The molecule has 0 saturated heterocycles. The molecule has 26 heavy (non-hydrogen) atoms. The topological polar surface area (TPSA) is 55.7 Å². The third kappa shape index (κ3) is 3.39. The van der Waals surface area contributed by atoms with E-state index in [9.17, 15) is 4.79 Å².